The molecule has 2 saturated carbocycles. The van der Waals surface area contributed by atoms with Crippen LogP contribution >= 0.6 is 0 Å². The van der Waals surface area contributed by atoms with Crippen molar-refractivity contribution in [1.82, 2.24) is 19.9 Å². The van der Waals surface area contributed by atoms with E-state index in [1.54, 1.807) is 12.3 Å². The van der Waals surface area contributed by atoms with Crippen molar-refractivity contribution in [2.75, 3.05) is 13.6 Å². The quantitative estimate of drug-likeness (QED) is 0.532. The lowest BCUT2D eigenvalue weighted by atomic mass is 9.62. The molecule has 2 aromatic rings. The number of nitrogens with zero attached hydrogens (tertiary/aromatic N) is 4. The number of aryl methyl sites for hydroxylation is 1. The number of allylic oxidation sites excluding steroid dienone is 1. The van der Waals surface area contributed by atoms with Crippen LogP contribution in [0.2, 0.25) is 0 Å². The van der Waals surface area contributed by atoms with Gasteiger partial charge in [-0.15, -0.1) is 0 Å². The van der Waals surface area contributed by atoms with E-state index in [0.29, 0.717) is 48.9 Å². The molecule has 0 amide bonds. The molecule has 0 unspecified atom stereocenters. The van der Waals surface area contributed by atoms with Crippen LogP contribution in [0.4, 0.5) is 0 Å². The lowest BCUT2D eigenvalue weighted by molar-refractivity contribution is -0.128. The highest BCUT2D eigenvalue weighted by atomic mass is 16.5. The van der Waals surface area contributed by atoms with Crippen molar-refractivity contribution in [3.8, 4) is 17.1 Å². The van der Waals surface area contributed by atoms with E-state index in [-0.39, 0.29) is 29.2 Å². The van der Waals surface area contributed by atoms with Gasteiger partial charge < -0.3 is 15.3 Å². The Hall–Kier alpha value is -3.13. The molecule has 0 bridgehead atoms. The number of aromatic nitrogens is 3. The average Bonchev–Trinajstić information content (AvgIpc) is 3.33. The molecule has 37 heavy (non-hydrogen) atoms. The zero-order chi connectivity index (χ0) is 26.2. The molecule has 3 atom stereocenters. The summed E-state index contributed by atoms with van der Waals surface area (Å²) in [5, 5.41) is 20.5. The summed E-state index contributed by atoms with van der Waals surface area (Å²) in [7, 11) is 2.11. The van der Waals surface area contributed by atoms with E-state index in [4.69, 9.17) is 10.1 Å². The highest BCUT2D eigenvalue weighted by Crippen LogP contribution is 2.46. The van der Waals surface area contributed by atoms with Crippen molar-refractivity contribution >= 4 is 17.3 Å². The summed E-state index contributed by atoms with van der Waals surface area (Å²) in [5.74, 6) is 0.513. The average molecular weight is 504 g/mol. The number of nitrogens with one attached hydrogen (secondary N) is 1. The number of aliphatic hydroxyl groups excluding tert-OH is 1. The van der Waals surface area contributed by atoms with E-state index in [1.807, 2.05) is 19.1 Å². The molecule has 3 fully saturated rings. The van der Waals surface area contributed by atoms with Crippen molar-refractivity contribution in [1.29, 1.82) is 5.41 Å². The zero-order valence-electron chi connectivity index (χ0n) is 22.1. The van der Waals surface area contributed by atoms with Crippen LogP contribution in [0.5, 0.6) is 5.88 Å². The first kappa shape index (κ1) is 25.5. The number of aliphatic hydroxyl groups is 1. The van der Waals surface area contributed by atoms with Crippen LogP contribution < -0.4 is 4.74 Å². The van der Waals surface area contributed by atoms with Gasteiger partial charge in [-0.2, -0.15) is 4.98 Å². The molecule has 5 rings (SSSR count). The third-order valence-electron chi connectivity index (χ3n) is 8.43. The predicted octanol–water partition coefficient (Wildman–Crippen LogP) is 5.31. The molecule has 3 aliphatic rings. The van der Waals surface area contributed by atoms with E-state index < -0.39 is 5.41 Å². The SMILES string of the molecule is Cc1ccc(-c2cc(O[C@@H](C)[C@@H]3CCCN3C)nc(/C(O)=C3\CCC[C@@]4(CCCCC4=O)C3=N)n2)cn1. The summed E-state index contributed by atoms with van der Waals surface area (Å²) < 4.78 is 6.33. The lowest BCUT2D eigenvalue weighted by Crippen LogP contribution is -2.44. The van der Waals surface area contributed by atoms with Gasteiger partial charge in [-0.1, -0.05) is 6.42 Å². The number of hydrogen-bond acceptors (Lipinski definition) is 8. The van der Waals surface area contributed by atoms with Crippen molar-refractivity contribution in [3.05, 3.63) is 41.5 Å². The second kappa shape index (κ2) is 10.3. The predicted molar refractivity (Wildman–Crippen MR) is 143 cm³/mol. The number of ketones is 1. The Balaban J connectivity index is 1.54. The maximum Gasteiger partial charge on any atom is 0.217 e. The van der Waals surface area contributed by atoms with Crippen molar-refractivity contribution in [2.24, 2.45) is 5.41 Å². The summed E-state index contributed by atoms with van der Waals surface area (Å²) in [5.41, 5.74) is 2.23. The summed E-state index contributed by atoms with van der Waals surface area (Å²) >= 11 is 0. The topological polar surface area (TPSA) is 112 Å². The van der Waals surface area contributed by atoms with Gasteiger partial charge in [0.1, 0.15) is 11.9 Å². The van der Waals surface area contributed by atoms with Crippen molar-refractivity contribution in [2.45, 2.75) is 83.8 Å². The number of rotatable bonds is 5. The first-order valence-electron chi connectivity index (χ1n) is 13.5. The van der Waals surface area contributed by atoms with Gasteiger partial charge in [-0.05, 0) is 84.5 Å². The molecule has 196 valence electrons. The fourth-order valence-corrected chi connectivity index (χ4v) is 6.25. The monoisotopic (exact) mass is 503 g/mol. The molecule has 8 nitrogen and oxygen atoms in total. The Morgan fingerprint density at radius 3 is 2.70 bits per heavy atom. The van der Waals surface area contributed by atoms with Crippen molar-refractivity contribution < 1.29 is 14.6 Å². The number of hydrogen-bond donors (Lipinski definition) is 2. The second-order valence-electron chi connectivity index (χ2n) is 10.9. The number of Topliss-reactive ketones (excluding diaryl/α,β-unsaturated/α-hetero) is 1. The molecule has 1 aliphatic heterocycles. The summed E-state index contributed by atoms with van der Waals surface area (Å²) in [6, 6.07) is 5.94. The molecule has 1 saturated heterocycles. The lowest BCUT2D eigenvalue weighted by Gasteiger charge is -2.40. The molecule has 2 N–H and O–H groups in total. The van der Waals surface area contributed by atoms with Crippen LogP contribution in [-0.2, 0) is 4.79 Å². The number of pyridine rings is 1. The standard InChI is InChI=1S/C29H37N5O3/c1-18-11-12-20(17-31-18)22-16-25(37-19(2)23-9-7-15-34(23)3)33-28(32-22)26(36)21-8-6-14-29(27(21)30)13-5-4-10-24(29)35/h11-12,16-17,19,23,30,36H,4-10,13-15H2,1-3H3/b26-21-,30-27?/t19-,23-,29+/m0/s1. The van der Waals surface area contributed by atoms with E-state index in [2.05, 4.69) is 33.8 Å². The third-order valence-corrected chi connectivity index (χ3v) is 8.43. The van der Waals surface area contributed by atoms with Crippen LogP contribution in [0, 0.1) is 17.7 Å². The number of likely N-dealkylation sites (N-methyl/N-ethyl adjacent to an activating group) is 1. The largest absolute Gasteiger partial charge is 0.504 e. The smallest absolute Gasteiger partial charge is 0.217 e. The van der Waals surface area contributed by atoms with Crippen LogP contribution in [0.25, 0.3) is 17.0 Å². The van der Waals surface area contributed by atoms with Crippen LogP contribution in [0.15, 0.2) is 30.0 Å². The summed E-state index contributed by atoms with van der Waals surface area (Å²) in [6.45, 7) is 5.02. The fraction of sp³-hybridized carbons (Fsp3) is 0.552. The van der Waals surface area contributed by atoms with Gasteiger partial charge in [0.2, 0.25) is 5.88 Å². The Labute approximate surface area is 218 Å². The highest BCUT2D eigenvalue weighted by molar-refractivity contribution is 6.18. The minimum Gasteiger partial charge on any atom is -0.504 e. The zero-order valence-corrected chi connectivity index (χ0v) is 22.1. The van der Waals surface area contributed by atoms with Gasteiger partial charge in [-0.3, -0.25) is 14.7 Å². The number of likely N-dealkylation sites (tertiary alicyclic amines) is 1. The third kappa shape index (κ3) is 4.91. The highest BCUT2D eigenvalue weighted by Gasteiger charge is 2.47. The van der Waals surface area contributed by atoms with Gasteiger partial charge in [0, 0.05) is 41.6 Å². The maximum absolute atomic E-state index is 13.0. The van der Waals surface area contributed by atoms with E-state index >= 15 is 0 Å². The molecule has 2 aliphatic carbocycles. The minimum atomic E-state index is -0.779. The first-order chi connectivity index (χ1) is 17.8. The number of ether oxygens (including phenoxy) is 1. The molecule has 8 heteroatoms. The second-order valence-corrected chi connectivity index (χ2v) is 10.9. The number of carbonyl (C=O) groups is 1. The first-order valence-corrected chi connectivity index (χ1v) is 13.5. The Morgan fingerprint density at radius 2 is 2.00 bits per heavy atom. The van der Waals surface area contributed by atoms with Gasteiger partial charge >= 0.3 is 0 Å². The van der Waals surface area contributed by atoms with E-state index in [1.165, 1.54) is 0 Å². The normalized spacial score (nSPS) is 26.9. The van der Waals surface area contributed by atoms with Crippen LogP contribution in [-0.4, -0.2) is 62.2 Å². The Morgan fingerprint density at radius 1 is 1.19 bits per heavy atom. The van der Waals surface area contributed by atoms with Gasteiger partial charge in [-0.25, -0.2) is 4.98 Å². The minimum absolute atomic E-state index is 0.0925. The summed E-state index contributed by atoms with van der Waals surface area (Å²) in [4.78, 5) is 29.0. The van der Waals surface area contributed by atoms with E-state index in [9.17, 15) is 9.90 Å². The van der Waals surface area contributed by atoms with Gasteiger partial charge in [0.05, 0.1) is 16.8 Å². The molecule has 0 radical (unpaired) electrons. The Bertz CT molecular complexity index is 1220. The molecule has 3 heterocycles. The molecular formula is C29H37N5O3. The van der Waals surface area contributed by atoms with E-state index in [0.717, 1.165) is 49.9 Å². The summed E-state index contributed by atoms with van der Waals surface area (Å²) in [6.07, 6.45) is 8.82. The molecule has 2 aromatic heterocycles. The van der Waals surface area contributed by atoms with Crippen molar-refractivity contribution in [3.63, 3.8) is 0 Å². The molecule has 0 aromatic carbocycles. The number of carbonyl (C=O) groups excluding carboxylic acids is 1. The van der Waals surface area contributed by atoms with Crippen LogP contribution in [0.3, 0.4) is 0 Å². The maximum atomic E-state index is 13.0. The molecular weight excluding hydrogens is 466 g/mol. The van der Waals surface area contributed by atoms with Gasteiger partial charge in [0.15, 0.2) is 11.6 Å². The Kier molecular flexibility index (Phi) is 7.12. The molecule has 1 spiro atoms. The van der Waals surface area contributed by atoms with Gasteiger partial charge in [0.25, 0.3) is 0 Å². The van der Waals surface area contributed by atoms with Crippen LogP contribution in [0.1, 0.15) is 76.2 Å². The fourth-order valence-electron chi connectivity index (χ4n) is 6.25.